The molecule has 3 aromatic rings. The first-order chi connectivity index (χ1) is 14.6. The van der Waals surface area contributed by atoms with Gasteiger partial charge in [0.25, 0.3) is 5.91 Å². The Morgan fingerprint density at radius 3 is 2.60 bits per heavy atom. The molecular weight excluding hydrogens is 400 g/mol. The van der Waals surface area contributed by atoms with Gasteiger partial charge in [0.1, 0.15) is 17.3 Å². The number of methoxy groups -OCH3 is 2. The highest BCUT2D eigenvalue weighted by Gasteiger charge is 2.11. The summed E-state index contributed by atoms with van der Waals surface area (Å²) in [5.74, 6) is 2.23. The molecule has 30 heavy (non-hydrogen) atoms. The van der Waals surface area contributed by atoms with Gasteiger partial charge < -0.3 is 20.1 Å². The molecule has 0 aliphatic heterocycles. The van der Waals surface area contributed by atoms with Gasteiger partial charge in [0.2, 0.25) is 5.13 Å². The van der Waals surface area contributed by atoms with Crippen LogP contribution in [0.4, 0.5) is 5.13 Å². The minimum atomic E-state index is -0.0957. The summed E-state index contributed by atoms with van der Waals surface area (Å²) in [5, 5.41) is 7.07. The number of aromatic nitrogens is 2. The van der Waals surface area contributed by atoms with Gasteiger partial charge in [-0.2, -0.15) is 4.37 Å². The molecule has 0 saturated carbocycles. The van der Waals surface area contributed by atoms with Crippen LogP contribution in [0.3, 0.4) is 0 Å². The van der Waals surface area contributed by atoms with Crippen LogP contribution < -0.4 is 20.1 Å². The second kappa shape index (κ2) is 10.6. The van der Waals surface area contributed by atoms with Crippen molar-refractivity contribution in [3.63, 3.8) is 0 Å². The summed E-state index contributed by atoms with van der Waals surface area (Å²) in [4.78, 5) is 16.8. The van der Waals surface area contributed by atoms with Crippen molar-refractivity contribution in [2.24, 2.45) is 0 Å². The van der Waals surface area contributed by atoms with E-state index in [-0.39, 0.29) is 11.9 Å². The lowest BCUT2D eigenvalue weighted by atomic mass is 10.1. The molecule has 0 spiro atoms. The number of ether oxygens (including phenoxy) is 2. The quantitative estimate of drug-likeness (QED) is 0.513. The number of nitrogens with zero attached hydrogens (tertiary/aromatic N) is 2. The molecule has 0 radical (unpaired) electrons. The molecule has 2 N–H and O–H groups in total. The van der Waals surface area contributed by atoms with Crippen molar-refractivity contribution < 1.29 is 14.3 Å². The van der Waals surface area contributed by atoms with E-state index in [4.69, 9.17) is 9.47 Å². The van der Waals surface area contributed by atoms with E-state index in [1.165, 1.54) is 11.5 Å². The van der Waals surface area contributed by atoms with E-state index in [0.717, 1.165) is 34.4 Å². The van der Waals surface area contributed by atoms with Crippen molar-refractivity contribution in [2.45, 2.75) is 25.8 Å². The smallest absolute Gasteiger partial charge is 0.251 e. The number of hydrogen-bond acceptors (Lipinski definition) is 7. The maximum absolute atomic E-state index is 12.3. The number of benzene rings is 2. The normalized spacial score (nSPS) is 11.6. The predicted octanol–water partition coefficient (Wildman–Crippen LogP) is 3.77. The number of hydrogen-bond donors (Lipinski definition) is 2. The van der Waals surface area contributed by atoms with Gasteiger partial charge in [-0.3, -0.25) is 4.79 Å². The zero-order valence-electron chi connectivity index (χ0n) is 17.3. The van der Waals surface area contributed by atoms with Crippen molar-refractivity contribution in [1.29, 1.82) is 0 Å². The number of carbonyl (C=O) groups is 1. The van der Waals surface area contributed by atoms with E-state index in [2.05, 4.69) is 20.0 Å². The van der Waals surface area contributed by atoms with Gasteiger partial charge in [0.15, 0.2) is 0 Å². The Labute approximate surface area is 180 Å². The highest BCUT2D eigenvalue weighted by Crippen LogP contribution is 2.18. The second-order valence-electron chi connectivity index (χ2n) is 6.86. The minimum Gasteiger partial charge on any atom is -0.497 e. The lowest BCUT2D eigenvalue weighted by molar-refractivity contribution is 0.0939. The Morgan fingerprint density at radius 1 is 1.10 bits per heavy atom. The summed E-state index contributed by atoms with van der Waals surface area (Å²) < 4.78 is 14.8. The van der Waals surface area contributed by atoms with Crippen LogP contribution in [-0.4, -0.2) is 42.1 Å². The Kier molecular flexibility index (Phi) is 7.62. The van der Waals surface area contributed by atoms with Crippen LogP contribution in [0.1, 0.15) is 35.1 Å². The number of rotatable bonds is 10. The Hall–Kier alpha value is -3.13. The lowest BCUT2D eigenvalue weighted by Gasteiger charge is -2.14. The molecule has 1 heterocycles. The van der Waals surface area contributed by atoms with Crippen molar-refractivity contribution >= 4 is 22.6 Å². The van der Waals surface area contributed by atoms with Gasteiger partial charge in [-0.05, 0) is 55.3 Å². The van der Waals surface area contributed by atoms with Gasteiger partial charge in [0, 0.05) is 36.1 Å². The van der Waals surface area contributed by atoms with Crippen LogP contribution in [0, 0.1) is 0 Å². The molecule has 158 valence electrons. The topological polar surface area (TPSA) is 85.4 Å². The molecule has 2 aromatic carbocycles. The van der Waals surface area contributed by atoms with Crippen molar-refractivity contribution in [3.05, 3.63) is 65.5 Å². The summed E-state index contributed by atoms with van der Waals surface area (Å²) >= 11 is 1.34. The largest absolute Gasteiger partial charge is 0.497 e. The van der Waals surface area contributed by atoms with Crippen molar-refractivity contribution in [3.8, 4) is 11.5 Å². The maximum Gasteiger partial charge on any atom is 0.251 e. The molecule has 8 heteroatoms. The zero-order chi connectivity index (χ0) is 21.3. The average Bonchev–Trinajstić information content (AvgIpc) is 3.21. The average molecular weight is 427 g/mol. The highest BCUT2D eigenvalue weighted by molar-refractivity contribution is 7.09. The molecule has 0 aliphatic carbocycles. The third-order valence-corrected chi connectivity index (χ3v) is 5.26. The lowest BCUT2D eigenvalue weighted by Crippen LogP contribution is -2.33. The number of amides is 1. The zero-order valence-corrected chi connectivity index (χ0v) is 18.2. The monoisotopic (exact) mass is 426 g/mol. The first-order valence-electron chi connectivity index (χ1n) is 9.71. The minimum absolute atomic E-state index is 0.0243. The molecule has 3 rings (SSSR count). The maximum atomic E-state index is 12.3. The van der Waals surface area contributed by atoms with Crippen LogP contribution >= 0.6 is 11.5 Å². The van der Waals surface area contributed by atoms with Gasteiger partial charge in [0.05, 0.1) is 14.2 Å². The van der Waals surface area contributed by atoms with Crippen LogP contribution in [0.2, 0.25) is 0 Å². The fourth-order valence-corrected chi connectivity index (χ4v) is 3.49. The predicted molar refractivity (Wildman–Crippen MR) is 119 cm³/mol. The summed E-state index contributed by atoms with van der Waals surface area (Å²) in [6.07, 6.45) is 1.43. The molecule has 0 saturated heterocycles. The molecule has 0 bridgehead atoms. The van der Waals surface area contributed by atoms with E-state index in [1.54, 1.807) is 38.5 Å². The molecule has 7 nitrogen and oxygen atoms in total. The first-order valence-corrected chi connectivity index (χ1v) is 10.5. The molecule has 0 aliphatic rings. The van der Waals surface area contributed by atoms with Crippen LogP contribution in [0.15, 0.2) is 48.5 Å². The van der Waals surface area contributed by atoms with Crippen LogP contribution in [-0.2, 0) is 6.42 Å². The van der Waals surface area contributed by atoms with Gasteiger partial charge >= 0.3 is 0 Å². The third-order valence-electron chi connectivity index (χ3n) is 4.55. The number of nitrogens with one attached hydrogen (secondary N) is 2. The highest BCUT2D eigenvalue weighted by atomic mass is 32.1. The van der Waals surface area contributed by atoms with Gasteiger partial charge in [-0.1, -0.05) is 12.1 Å². The summed E-state index contributed by atoms with van der Waals surface area (Å²) in [5.41, 5.74) is 1.72. The summed E-state index contributed by atoms with van der Waals surface area (Å²) in [6, 6.07) is 15.0. The van der Waals surface area contributed by atoms with Gasteiger partial charge in [-0.15, -0.1) is 0 Å². The van der Waals surface area contributed by atoms with Gasteiger partial charge in [-0.25, -0.2) is 4.98 Å². The molecule has 1 atom stereocenters. The third kappa shape index (κ3) is 6.18. The molecule has 1 amide bonds. The van der Waals surface area contributed by atoms with Crippen molar-refractivity contribution in [2.75, 3.05) is 26.1 Å². The van der Waals surface area contributed by atoms with E-state index >= 15 is 0 Å². The van der Waals surface area contributed by atoms with Crippen molar-refractivity contribution in [1.82, 2.24) is 14.7 Å². The van der Waals surface area contributed by atoms with E-state index in [9.17, 15) is 4.79 Å². The van der Waals surface area contributed by atoms with Crippen LogP contribution in [0.25, 0.3) is 0 Å². The molecule has 1 aromatic heterocycles. The molecule has 0 fully saturated rings. The Morgan fingerprint density at radius 2 is 1.87 bits per heavy atom. The Balaban J connectivity index is 1.43. The van der Waals surface area contributed by atoms with E-state index < -0.39 is 0 Å². The van der Waals surface area contributed by atoms with E-state index in [1.807, 2.05) is 31.2 Å². The fourth-order valence-electron chi connectivity index (χ4n) is 2.88. The van der Waals surface area contributed by atoms with E-state index in [0.29, 0.717) is 18.5 Å². The standard InChI is InChI=1S/C22H26N4O3S/c1-15(24-21(27)17-7-9-18(28-2)10-8-17)11-12-23-22-25-20(26-30-22)14-16-5-4-6-19(13-16)29-3/h4-10,13,15H,11-12,14H2,1-3H3,(H,24,27)(H,23,25,26). The molecule has 1 unspecified atom stereocenters. The number of anilines is 1. The molecular formula is C22H26N4O3S. The summed E-state index contributed by atoms with van der Waals surface area (Å²) in [6.45, 7) is 2.68. The summed E-state index contributed by atoms with van der Waals surface area (Å²) in [7, 11) is 3.26. The second-order valence-corrected chi connectivity index (χ2v) is 7.61. The SMILES string of the molecule is COc1ccc(C(=O)NC(C)CCNc2nc(Cc3cccc(OC)c3)ns2)cc1. The Bertz CT molecular complexity index is 959. The van der Waals surface area contributed by atoms with Crippen LogP contribution in [0.5, 0.6) is 11.5 Å². The first kappa shape index (κ1) is 21.6. The fraction of sp³-hybridized carbons (Fsp3) is 0.318. The number of carbonyl (C=O) groups excluding carboxylic acids is 1.